The van der Waals surface area contributed by atoms with Gasteiger partial charge >= 0.3 is 0 Å². The quantitative estimate of drug-likeness (QED) is 0.530. The van der Waals surface area contributed by atoms with Crippen LogP contribution < -0.4 is 0 Å². The lowest BCUT2D eigenvalue weighted by Gasteiger charge is -2.61. The van der Waals surface area contributed by atoms with Crippen molar-refractivity contribution in [1.82, 2.24) is 0 Å². The van der Waals surface area contributed by atoms with Crippen molar-refractivity contribution in [3.8, 4) is 0 Å². The highest BCUT2D eigenvalue weighted by Gasteiger charge is 2.68. The van der Waals surface area contributed by atoms with E-state index in [-0.39, 0.29) is 29.0 Å². The summed E-state index contributed by atoms with van der Waals surface area (Å²) in [7, 11) is 0. The Labute approximate surface area is 155 Å². The zero-order valence-corrected chi connectivity index (χ0v) is 16.0. The maximum atomic E-state index is 12.3. The molecule has 5 heteroatoms. The van der Waals surface area contributed by atoms with E-state index in [1.165, 1.54) is 6.92 Å². The smallest absolute Gasteiger partial charge is 0.161 e. The zero-order chi connectivity index (χ0) is 19.1. The van der Waals surface area contributed by atoms with Crippen molar-refractivity contribution < 1.29 is 25.2 Å². The molecule has 0 amide bonds. The molecule has 0 radical (unpaired) electrons. The van der Waals surface area contributed by atoms with Crippen LogP contribution >= 0.6 is 0 Å². The van der Waals surface area contributed by atoms with E-state index in [0.29, 0.717) is 19.3 Å². The molecule has 4 aliphatic carbocycles. The van der Waals surface area contributed by atoms with Crippen molar-refractivity contribution in [1.29, 1.82) is 0 Å². The molecule has 26 heavy (non-hydrogen) atoms. The summed E-state index contributed by atoms with van der Waals surface area (Å²) in [5.74, 6) is -0.0917. The van der Waals surface area contributed by atoms with Crippen molar-refractivity contribution in [3.63, 3.8) is 0 Å². The number of ketones is 1. The summed E-state index contributed by atoms with van der Waals surface area (Å²) in [5.41, 5.74) is -1.33. The molecule has 5 nitrogen and oxygen atoms in total. The van der Waals surface area contributed by atoms with Crippen LogP contribution in [-0.2, 0) is 4.79 Å². The molecular formula is C21H32O5. The van der Waals surface area contributed by atoms with E-state index in [1.54, 1.807) is 6.08 Å². The van der Waals surface area contributed by atoms with Gasteiger partial charge in [0, 0.05) is 5.41 Å². The van der Waals surface area contributed by atoms with Crippen LogP contribution in [0.5, 0.6) is 0 Å². The van der Waals surface area contributed by atoms with Gasteiger partial charge in [0.15, 0.2) is 5.78 Å². The fraction of sp³-hybridized carbons (Fsp3) is 0.857. The Kier molecular flexibility index (Phi) is 4.03. The van der Waals surface area contributed by atoms with Gasteiger partial charge in [-0.2, -0.15) is 0 Å². The van der Waals surface area contributed by atoms with Gasteiger partial charge in [-0.3, -0.25) is 4.79 Å². The molecule has 4 N–H and O–H groups in total. The summed E-state index contributed by atoms with van der Waals surface area (Å²) in [6, 6.07) is 0. The molecule has 0 spiro atoms. The summed E-state index contributed by atoms with van der Waals surface area (Å²) in [4.78, 5) is 12.3. The van der Waals surface area contributed by atoms with Gasteiger partial charge in [0.25, 0.3) is 0 Å². The number of carbonyl (C=O) groups excluding carboxylic acids is 1. The van der Waals surface area contributed by atoms with Crippen LogP contribution in [0.15, 0.2) is 11.6 Å². The van der Waals surface area contributed by atoms with Gasteiger partial charge in [0.05, 0.1) is 12.2 Å². The predicted octanol–water partition coefficient (Wildman–Crippen LogP) is 1.57. The topological polar surface area (TPSA) is 98.0 Å². The lowest BCUT2D eigenvalue weighted by molar-refractivity contribution is -0.180. The second-order valence-electron chi connectivity index (χ2n) is 9.78. The van der Waals surface area contributed by atoms with Gasteiger partial charge in [-0.1, -0.05) is 19.9 Å². The van der Waals surface area contributed by atoms with E-state index >= 15 is 0 Å². The van der Waals surface area contributed by atoms with E-state index in [4.69, 9.17) is 0 Å². The highest BCUT2D eigenvalue weighted by atomic mass is 16.3. The third kappa shape index (κ3) is 2.09. The first-order chi connectivity index (χ1) is 12.1. The molecule has 0 bridgehead atoms. The fourth-order valence-corrected chi connectivity index (χ4v) is 7.31. The van der Waals surface area contributed by atoms with Gasteiger partial charge in [0.2, 0.25) is 0 Å². The number of hydrogen-bond donors (Lipinski definition) is 4. The molecule has 3 saturated carbocycles. The number of hydrogen-bond acceptors (Lipinski definition) is 5. The summed E-state index contributed by atoms with van der Waals surface area (Å²) < 4.78 is 0. The van der Waals surface area contributed by atoms with E-state index in [0.717, 1.165) is 24.8 Å². The van der Waals surface area contributed by atoms with Crippen LogP contribution in [0, 0.1) is 28.6 Å². The second kappa shape index (κ2) is 5.63. The van der Waals surface area contributed by atoms with Crippen LogP contribution in [0.4, 0.5) is 0 Å². The average Bonchev–Trinajstić information content (AvgIpc) is 2.87. The van der Waals surface area contributed by atoms with Gasteiger partial charge in [0.1, 0.15) is 11.7 Å². The highest BCUT2D eigenvalue weighted by molar-refractivity contribution is 5.86. The molecule has 9 atom stereocenters. The number of fused-ring (bicyclic) bond motifs is 5. The average molecular weight is 364 g/mol. The normalized spacial score (nSPS) is 56.2. The molecule has 0 aromatic heterocycles. The van der Waals surface area contributed by atoms with Crippen molar-refractivity contribution in [3.05, 3.63) is 11.6 Å². The van der Waals surface area contributed by atoms with Crippen molar-refractivity contribution in [2.45, 2.75) is 83.2 Å². The molecule has 146 valence electrons. The second-order valence-corrected chi connectivity index (χ2v) is 9.78. The van der Waals surface area contributed by atoms with E-state index in [9.17, 15) is 25.2 Å². The molecular weight excluding hydrogens is 332 g/mol. The maximum absolute atomic E-state index is 12.3. The van der Waals surface area contributed by atoms with Crippen LogP contribution in [0.25, 0.3) is 0 Å². The lowest BCUT2D eigenvalue weighted by Crippen LogP contribution is -2.63. The number of aliphatic hydroxyl groups excluding tert-OH is 3. The zero-order valence-electron chi connectivity index (χ0n) is 16.0. The Balaban J connectivity index is 1.77. The SMILES string of the molecule is CC(=O)[C@@]1(O)CC[C@H]2[C@@H]3[C@H](O)[C@H](O)C4=C[C@H](O)CC[C@]4(C)[C@H]3CC[C@@]21C. The lowest BCUT2D eigenvalue weighted by atomic mass is 9.45. The van der Waals surface area contributed by atoms with Crippen LogP contribution in [0.1, 0.15) is 59.3 Å². The molecule has 0 saturated heterocycles. The fourth-order valence-electron chi connectivity index (χ4n) is 7.31. The molecule has 0 heterocycles. The van der Waals surface area contributed by atoms with Crippen molar-refractivity contribution >= 4 is 5.78 Å². The standard InChI is InChI=1S/C21H32O5/c1-11(22)21(26)9-6-14-16-13(5-8-20(14,21)3)19(2)7-4-12(23)10-15(19)17(24)18(16)25/h10,12-14,16-18,23-26H,4-9H2,1-3H3/t12-,13+,14+,16-,17-,18+,19-,20+,21+/m1/s1. The molecule has 0 aliphatic heterocycles. The minimum absolute atomic E-state index is 0.0185. The molecule has 0 aromatic carbocycles. The third-order valence-corrected chi connectivity index (χ3v) is 8.91. The van der Waals surface area contributed by atoms with E-state index < -0.39 is 29.3 Å². The Hall–Kier alpha value is -0.750. The predicted molar refractivity (Wildman–Crippen MR) is 96.1 cm³/mol. The van der Waals surface area contributed by atoms with Crippen molar-refractivity contribution in [2.24, 2.45) is 28.6 Å². The van der Waals surface area contributed by atoms with Crippen LogP contribution in [0.3, 0.4) is 0 Å². The monoisotopic (exact) mass is 364 g/mol. The first-order valence-electron chi connectivity index (χ1n) is 10.1. The summed E-state index contributed by atoms with van der Waals surface area (Å²) in [5, 5.41) is 43.1. The Morgan fingerprint density at radius 3 is 2.35 bits per heavy atom. The summed E-state index contributed by atoms with van der Waals surface area (Å²) >= 11 is 0. The van der Waals surface area contributed by atoms with Gasteiger partial charge in [-0.05, 0) is 74.2 Å². The molecule has 3 fully saturated rings. The number of carbonyl (C=O) groups is 1. The summed E-state index contributed by atoms with van der Waals surface area (Å²) in [6.45, 7) is 5.63. The first-order valence-corrected chi connectivity index (χ1v) is 10.1. The molecule has 0 unspecified atom stereocenters. The minimum Gasteiger partial charge on any atom is -0.390 e. The molecule has 0 aromatic rings. The van der Waals surface area contributed by atoms with Gasteiger partial charge < -0.3 is 20.4 Å². The van der Waals surface area contributed by atoms with Crippen molar-refractivity contribution in [2.75, 3.05) is 0 Å². The van der Waals surface area contributed by atoms with Gasteiger partial charge in [-0.25, -0.2) is 0 Å². The Morgan fingerprint density at radius 2 is 1.69 bits per heavy atom. The largest absolute Gasteiger partial charge is 0.390 e. The van der Waals surface area contributed by atoms with Crippen LogP contribution in [-0.4, -0.2) is 50.1 Å². The first kappa shape index (κ1) is 18.6. The highest BCUT2D eigenvalue weighted by Crippen LogP contribution is 2.67. The van der Waals surface area contributed by atoms with Crippen LogP contribution in [0.2, 0.25) is 0 Å². The number of rotatable bonds is 1. The molecule has 4 aliphatic rings. The Bertz CT molecular complexity index is 659. The third-order valence-electron chi connectivity index (χ3n) is 8.91. The maximum Gasteiger partial charge on any atom is 0.161 e. The van der Waals surface area contributed by atoms with E-state index in [2.05, 4.69) is 6.92 Å². The summed E-state index contributed by atoms with van der Waals surface area (Å²) in [6.07, 6.45) is 3.49. The Morgan fingerprint density at radius 1 is 1.04 bits per heavy atom. The minimum atomic E-state index is -1.33. The van der Waals surface area contributed by atoms with E-state index in [1.807, 2.05) is 6.92 Å². The number of Topliss-reactive ketones (excluding diaryl/α,β-unsaturated/α-hetero) is 1. The number of aliphatic hydroxyl groups is 4. The van der Waals surface area contributed by atoms with Gasteiger partial charge in [-0.15, -0.1) is 0 Å². The molecule has 4 rings (SSSR count).